The highest BCUT2D eigenvalue weighted by molar-refractivity contribution is 14.0. The third-order valence-corrected chi connectivity index (χ3v) is 3.66. The van der Waals surface area contributed by atoms with Gasteiger partial charge in [-0.1, -0.05) is 0 Å². The van der Waals surface area contributed by atoms with Crippen molar-refractivity contribution in [3.8, 4) is 11.5 Å². The van der Waals surface area contributed by atoms with Crippen molar-refractivity contribution < 1.29 is 17.9 Å². The maximum atomic E-state index is 11.1. The van der Waals surface area contributed by atoms with Crippen molar-refractivity contribution in [1.29, 1.82) is 0 Å². The molecule has 7 nitrogen and oxygen atoms in total. The number of nitrogens with zero attached hydrogens (tertiary/aromatic N) is 1. The SMILES string of the molecule is CCOc1cc(NC(=NC)NCCS(C)(=O)=O)ccc1OC.I. The zero-order valence-corrected chi connectivity index (χ0v) is 16.9. The summed E-state index contributed by atoms with van der Waals surface area (Å²) in [6.07, 6.45) is 1.20. The summed E-state index contributed by atoms with van der Waals surface area (Å²) in [5, 5.41) is 6.02. The molecule has 0 aliphatic heterocycles. The zero-order valence-electron chi connectivity index (χ0n) is 13.8. The number of rotatable bonds is 7. The molecule has 9 heteroatoms. The Hall–Kier alpha value is -1.23. The maximum Gasteiger partial charge on any atom is 0.195 e. The van der Waals surface area contributed by atoms with Gasteiger partial charge < -0.3 is 20.1 Å². The second-order valence-corrected chi connectivity index (χ2v) is 6.81. The summed E-state index contributed by atoms with van der Waals surface area (Å²) < 4.78 is 33.0. The molecule has 0 saturated heterocycles. The minimum atomic E-state index is -3.01. The third-order valence-electron chi connectivity index (χ3n) is 2.72. The van der Waals surface area contributed by atoms with E-state index >= 15 is 0 Å². The molecule has 0 fully saturated rings. The molecular formula is C14H24IN3O4S. The Labute approximate surface area is 154 Å². The number of hydrogen-bond donors (Lipinski definition) is 2. The van der Waals surface area contributed by atoms with E-state index in [4.69, 9.17) is 9.47 Å². The van der Waals surface area contributed by atoms with Crippen LogP contribution in [-0.2, 0) is 9.84 Å². The number of aliphatic imine (C=N–C) groups is 1. The van der Waals surface area contributed by atoms with Gasteiger partial charge in [0, 0.05) is 31.6 Å². The number of sulfone groups is 1. The highest BCUT2D eigenvalue weighted by Gasteiger charge is 2.07. The first-order valence-electron chi connectivity index (χ1n) is 6.85. The van der Waals surface area contributed by atoms with E-state index in [1.54, 1.807) is 26.3 Å². The van der Waals surface area contributed by atoms with Gasteiger partial charge in [-0.3, -0.25) is 4.99 Å². The van der Waals surface area contributed by atoms with Crippen molar-refractivity contribution in [3.63, 3.8) is 0 Å². The van der Waals surface area contributed by atoms with Crippen molar-refractivity contribution in [1.82, 2.24) is 5.32 Å². The minimum absolute atomic E-state index is 0. The van der Waals surface area contributed by atoms with Gasteiger partial charge in [0.05, 0.1) is 19.5 Å². The quantitative estimate of drug-likeness (QED) is 0.369. The van der Waals surface area contributed by atoms with Gasteiger partial charge >= 0.3 is 0 Å². The van der Waals surface area contributed by atoms with Gasteiger partial charge in [0.1, 0.15) is 9.84 Å². The molecule has 1 aromatic rings. The van der Waals surface area contributed by atoms with E-state index in [0.29, 0.717) is 24.1 Å². The molecule has 0 atom stereocenters. The molecule has 0 aliphatic rings. The molecule has 0 heterocycles. The standard InChI is InChI=1S/C14H23N3O4S.HI/c1-5-21-13-10-11(6-7-12(13)20-3)17-14(15-2)16-8-9-22(4,18)19;/h6-7,10H,5,8-9H2,1-4H3,(H2,15,16,17);1H. The van der Waals surface area contributed by atoms with Gasteiger partial charge in [0.15, 0.2) is 17.5 Å². The smallest absolute Gasteiger partial charge is 0.195 e. The van der Waals surface area contributed by atoms with Crippen LogP contribution in [0.5, 0.6) is 11.5 Å². The number of guanidine groups is 1. The lowest BCUT2D eigenvalue weighted by molar-refractivity contribution is 0.311. The number of anilines is 1. The Morgan fingerprint density at radius 1 is 1.30 bits per heavy atom. The lowest BCUT2D eigenvalue weighted by Gasteiger charge is -2.14. The zero-order chi connectivity index (χ0) is 16.6. The molecule has 0 spiro atoms. The van der Waals surface area contributed by atoms with Crippen molar-refractivity contribution in [2.24, 2.45) is 4.99 Å². The topological polar surface area (TPSA) is 89.0 Å². The van der Waals surface area contributed by atoms with Gasteiger partial charge in [-0.15, -0.1) is 24.0 Å². The van der Waals surface area contributed by atoms with Crippen LogP contribution in [0, 0.1) is 0 Å². The molecule has 0 aromatic heterocycles. The molecule has 0 aliphatic carbocycles. The Bertz CT molecular complexity index is 620. The van der Waals surface area contributed by atoms with Crippen LogP contribution in [-0.4, -0.2) is 53.7 Å². The van der Waals surface area contributed by atoms with Crippen LogP contribution in [0.2, 0.25) is 0 Å². The van der Waals surface area contributed by atoms with E-state index in [1.165, 1.54) is 6.26 Å². The summed E-state index contributed by atoms with van der Waals surface area (Å²) in [5.41, 5.74) is 0.761. The van der Waals surface area contributed by atoms with Crippen LogP contribution in [0.1, 0.15) is 6.92 Å². The molecule has 132 valence electrons. The average Bonchev–Trinajstić information content (AvgIpc) is 2.45. The lowest BCUT2D eigenvalue weighted by atomic mass is 10.2. The Morgan fingerprint density at radius 3 is 2.52 bits per heavy atom. The highest BCUT2D eigenvalue weighted by atomic mass is 127. The first-order chi connectivity index (χ1) is 10.4. The number of methoxy groups -OCH3 is 1. The second-order valence-electron chi connectivity index (χ2n) is 4.55. The van der Waals surface area contributed by atoms with E-state index in [0.717, 1.165) is 5.69 Å². The van der Waals surface area contributed by atoms with Crippen LogP contribution in [0.4, 0.5) is 5.69 Å². The molecular weight excluding hydrogens is 433 g/mol. The van der Waals surface area contributed by atoms with Gasteiger partial charge in [-0.25, -0.2) is 8.42 Å². The Kier molecular flexibility index (Phi) is 9.96. The van der Waals surface area contributed by atoms with E-state index in [1.807, 2.05) is 13.0 Å². The fourth-order valence-corrected chi connectivity index (χ4v) is 2.17. The normalized spacial score (nSPS) is 11.4. The number of halogens is 1. The average molecular weight is 457 g/mol. The van der Waals surface area contributed by atoms with Crippen LogP contribution in [0.15, 0.2) is 23.2 Å². The fraction of sp³-hybridized carbons (Fsp3) is 0.500. The minimum Gasteiger partial charge on any atom is -0.493 e. The monoisotopic (exact) mass is 457 g/mol. The molecule has 0 saturated carbocycles. The van der Waals surface area contributed by atoms with Crippen molar-refractivity contribution in [2.45, 2.75) is 6.92 Å². The molecule has 23 heavy (non-hydrogen) atoms. The molecule has 1 rings (SSSR count). The Morgan fingerprint density at radius 2 is 2.00 bits per heavy atom. The number of hydrogen-bond acceptors (Lipinski definition) is 5. The summed E-state index contributed by atoms with van der Waals surface area (Å²) in [4.78, 5) is 4.05. The van der Waals surface area contributed by atoms with Crippen LogP contribution in [0.3, 0.4) is 0 Å². The number of ether oxygens (including phenoxy) is 2. The van der Waals surface area contributed by atoms with Gasteiger partial charge in [-0.2, -0.15) is 0 Å². The van der Waals surface area contributed by atoms with E-state index in [2.05, 4.69) is 15.6 Å². The molecule has 0 bridgehead atoms. The largest absolute Gasteiger partial charge is 0.493 e. The van der Waals surface area contributed by atoms with E-state index in [-0.39, 0.29) is 36.3 Å². The number of nitrogens with one attached hydrogen (secondary N) is 2. The van der Waals surface area contributed by atoms with Crippen molar-refractivity contribution in [2.75, 3.05) is 44.6 Å². The number of benzene rings is 1. The molecule has 2 N–H and O–H groups in total. The first kappa shape index (κ1) is 21.8. The fourth-order valence-electron chi connectivity index (χ4n) is 1.69. The maximum absolute atomic E-state index is 11.1. The highest BCUT2D eigenvalue weighted by Crippen LogP contribution is 2.30. The van der Waals surface area contributed by atoms with Crippen molar-refractivity contribution in [3.05, 3.63) is 18.2 Å². The van der Waals surface area contributed by atoms with Crippen LogP contribution in [0.25, 0.3) is 0 Å². The van der Waals surface area contributed by atoms with Gasteiger partial charge in [0.25, 0.3) is 0 Å². The van der Waals surface area contributed by atoms with Crippen molar-refractivity contribution >= 4 is 45.5 Å². The lowest BCUT2D eigenvalue weighted by Crippen LogP contribution is -2.34. The van der Waals surface area contributed by atoms with Gasteiger partial charge in [0.2, 0.25) is 0 Å². The third kappa shape index (κ3) is 8.26. The predicted molar refractivity (Wildman–Crippen MR) is 104 cm³/mol. The molecule has 0 amide bonds. The van der Waals surface area contributed by atoms with E-state index < -0.39 is 9.84 Å². The molecule has 0 unspecified atom stereocenters. The summed E-state index contributed by atoms with van der Waals surface area (Å²) in [5.74, 6) is 1.80. The van der Waals surface area contributed by atoms with Crippen LogP contribution >= 0.6 is 24.0 Å². The molecule has 1 aromatic carbocycles. The molecule has 0 radical (unpaired) electrons. The predicted octanol–water partition coefficient (Wildman–Crippen LogP) is 1.74. The second kappa shape index (κ2) is 10.5. The van der Waals surface area contributed by atoms with Crippen LogP contribution < -0.4 is 20.1 Å². The summed E-state index contributed by atoms with van der Waals surface area (Å²) in [6, 6.07) is 5.41. The summed E-state index contributed by atoms with van der Waals surface area (Å²) >= 11 is 0. The van der Waals surface area contributed by atoms with E-state index in [9.17, 15) is 8.42 Å². The first-order valence-corrected chi connectivity index (χ1v) is 8.92. The van der Waals surface area contributed by atoms with Gasteiger partial charge in [-0.05, 0) is 19.1 Å². The Balaban J connectivity index is 0.00000484. The summed E-state index contributed by atoms with van der Waals surface area (Å²) in [7, 11) is 0.188. The summed E-state index contributed by atoms with van der Waals surface area (Å²) in [6.45, 7) is 2.71.